The van der Waals surface area contributed by atoms with Gasteiger partial charge in [-0.2, -0.15) is 4.98 Å². The maximum absolute atomic E-state index is 12.0. The molecule has 6 heteroatoms. The first kappa shape index (κ1) is 16.3. The van der Waals surface area contributed by atoms with Crippen molar-refractivity contribution in [3.63, 3.8) is 0 Å². The van der Waals surface area contributed by atoms with Crippen LogP contribution in [0, 0.1) is 0 Å². The predicted octanol–water partition coefficient (Wildman–Crippen LogP) is 1.14. The van der Waals surface area contributed by atoms with Crippen molar-refractivity contribution in [3.05, 3.63) is 52.1 Å². The Morgan fingerprint density at radius 1 is 1.12 bits per heavy atom. The zero-order valence-corrected chi connectivity index (χ0v) is 14.3. The van der Waals surface area contributed by atoms with E-state index in [1.807, 2.05) is 6.07 Å². The average molecular weight is 339 g/mol. The fourth-order valence-electron chi connectivity index (χ4n) is 4.15. The zero-order chi connectivity index (χ0) is 17.4. The van der Waals surface area contributed by atoms with Gasteiger partial charge < -0.3 is 16.8 Å². The standard InChI is InChI=1S/C19H25N5O/c20-14-3-5-16(11-14)22-15-4-1-13-10-17(6-2-12(13)9-15)24-8-7-18(21)23-19(24)25/h2,6-8,10,14-16,22H,1,3-5,9,11,20H2,(H2,21,23,25)/t14?,15?,16-/m0/s1. The minimum Gasteiger partial charge on any atom is -0.383 e. The molecule has 132 valence electrons. The smallest absolute Gasteiger partial charge is 0.354 e. The minimum atomic E-state index is -0.340. The fraction of sp³-hybridized carbons (Fsp3) is 0.474. The summed E-state index contributed by atoms with van der Waals surface area (Å²) in [4.78, 5) is 15.8. The van der Waals surface area contributed by atoms with Gasteiger partial charge in [0.2, 0.25) is 0 Å². The molecule has 1 aromatic carbocycles. The van der Waals surface area contributed by atoms with Crippen molar-refractivity contribution in [1.82, 2.24) is 14.9 Å². The highest BCUT2D eigenvalue weighted by molar-refractivity contribution is 5.43. The molecule has 0 saturated heterocycles. The molecule has 3 atom stereocenters. The van der Waals surface area contributed by atoms with E-state index in [9.17, 15) is 4.79 Å². The second-order valence-corrected chi connectivity index (χ2v) is 7.33. The van der Waals surface area contributed by atoms with E-state index < -0.39 is 0 Å². The second-order valence-electron chi connectivity index (χ2n) is 7.33. The maximum atomic E-state index is 12.0. The van der Waals surface area contributed by atoms with Gasteiger partial charge in [-0.05, 0) is 67.9 Å². The molecule has 2 aliphatic carbocycles. The van der Waals surface area contributed by atoms with Gasteiger partial charge in [-0.1, -0.05) is 6.07 Å². The lowest BCUT2D eigenvalue weighted by molar-refractivity contribution is 0.393. The zero-order valence-electron chi connectivity index (χ0n) is 14.3. The number of anilines is 1. The van der Waals surface area contributed by atoms with Crippen molar-refractivity contribution in [3.8, 4) is 5.69 Å². The third kappa shape index (κ3) is 3.45. The summed E-state index contributed by atoms with van der Waals surface area (Å²) in [5.41, 5.74) is 14.8. The Morgan fingerprint density at radius 3 is 2.76 bits per heavy atom. The van der Waals surface area contributed by atoms with Crippen LogP contribution in [0.4, 0.5) is 5.82 Å². The quantitative estimate of drug-likeness (QED) is 0.779. The summed E-state index contributed by atoms with van der Waals surface area (Å²) in [5, 5.41) is 3.79. The van der Waals surface area contributed by atoms with Crippen LogP contribution < -0.4 is 22.5 Å². The van der Waals surface area contributed by atoms with Gasteiger partial charge in [-0.15, -0.1) is 0 Å². The number of nitrogen functional groups attached to an aromatic ring is 1. The molecule has 0 amide bonds. The van der Waals surface area contributed by atoms with Crippen LogP contribution in [-0.2, 0) is 12.8 Å². The SMILES string of the molecule is Nc1ccn(-c2ccc3c(c2)CCC(N[C@H]2CCC(N)C2)C3)c(=O)n1. The van der Waals surface area contributed by atoms with Gasteiger partial charge in [0.05, 0.1) is 5.69 Å². The molecule has 25 heavy (non-hydrogen) atoms. The Hall–Kier alpha value is -2.18. The van der Waals surface area contributed by atoms with E-state index in [0.717, 1.165) is 37.8 Å². The van der Waals surface area contributed by atoms with Gasteiger partial charge in [0.25, 0.3) is 0 Å². The molecule has 0 aliphatic heterocycles. The van der Waals surface area contributed by atoms with Crippen LogP contribution in [0.25, 0.3) is 5.69 Å². The number of hydrogen-bond donors (Lipinski definition) is 3. The number of aryl methyl sites for hydroxylation is 1. The van der Waals surface area contributed by atoms with Crippen molar-refractivity contribution in [2.45, 2.75) is 56.7 Å². The molecule has 1 aromatic heterocycles. The predicted molar refractivity (Wildman–Crippen MR) is 98.8 cm³/mol. The number of nitrogens with two attached hydrogens (primary N) is 2. The highest BCUT2D eigenvalue weighted by Crippen LogP contribution is 2.26. The van der Waals surface area contributed by atoms with Crippen molar-refractivity contribution in [2.75, 3.05) is 5.73 Å². The van der Waals surface area contributed by atoms with Crippen LogP contribution in [0.3, 0.4) is 0 Å². The molecule has 0 spiro atoms. The van der Waals surface area contributed by atoms with Gasteiger partial charge in [-0.3, -0.25) is 4.57 Å². The number of hydrogen-bond acceptors (Lipinski definition) is 5. The lowest BCUT2D eigenvalue weighted by Crippen LogP contribution is -2.41. The Labute approximate surface area is 147 Å². The van der Waals surface area contributed by atoms with Gasteiger partial charge in [-0.25, -0.2) is 4.79 Å². The summed E-state index contributed by atoms with van der Waals surface area (Å²) in [7, 11) is 0. The second kappa shape index (κ2) is 6.61. The molecule has 0 bridgehead atoms. The van der Waals surface area contributed by atoms with E-state index in [4.69, 9.17) is 11.5 Å². The molecule has 2 unspecified atom stereocenters. The van der Waals surface area contributed by atoms with Gasteiger partial charge in [0.1, 0.15) is 5.82 Å². The Bertz CT molecular complexity index is 831. The molecule has 1 saturated carbocycles. The first-order chi connectivity index (χ1) is 12.1. The molecule has 6 nitrogen and oxygen atoms in total. The summed E-state index contributed by atoms with van der Waals surface area (Å²) < 4.78 is 1.54. The van der Waals surface area contributed by atoms with E-state index in [2.05, 4.69) is 22.4 Å². The Morgan fingerprint density at radius 2 is 2.00 bits per heavy atom. The van der Waals surface area contributed by atoms with Gasteiger partial charge in [0.15, 0.2) is 0 Å². The highest BCUT2D eigenvalue weighted by Gasteiger charge is 2.26. The Kier molecular flexibility index (Phi) is 4.31. The van der Waals surface area contributed by atoms with E-state index in [1.54, 1.807) is 16.8 Å². The molecule has 2 aromatic rings. The van der Waals surface area contributed by atoms with Gasteiger partial charge in [0, 0.05) is 24.3 Å². The number of rotatable bonds is 3. The van der Waals surface area contributed by atoms with Crippen molar-refractivity contribution < 1.29 is 0 Å². The molecular weight excluding hydrogens is 314 g/mol. The maximum Gasteiger partial charge on any atom is 0.354 e. The molecule has 1 fully saturated rings. The third-order valence-electron chi connectivity index (χ3n) is 5.47. The number of nitrogens with zero attached hydrogens (tertiary/aromatic N) is 2. The number of benzene rings is 1. The summed E-state index contributed by atoms with van der Waals surface area (Å²) in [6.07, 6.45) is 8.29. The molecule has 1 heterocycles. The summed E-state index contributed by atoms with van der Waals surface area (Å²) >= 11 is 0. The van der Waals surface area contributed by atoms with Gasteiger partial charge >= 0.3 is 5.69 Å². The molecule has 2 aliphatic rings. The fourth-order valence-corrected chi connectivity index (χ4v) is 4.15. The molecule has 5 N–H and O–H groups in total. The minimum absolute atomic E-state index is 0.250. The van der Waals surface area contributed by atoms with E-state index in [1.165, 1.54) is 17.5 Å². The number of nitrogens with one attached hydrogen (secondary N) is 1. The summed E-state index contributed by atoms with van der Waals surface area (Å²) in [6.45, 7) is 0. The first-order valence-electron chi connectivity index (χ1n) is 9.07. The van der Waals surface area contributed by atoms with Crippen LogP contribution in [0.15, 0.2) is 35.3 Å². The van der Waals surface area contributed by atoms with Crippen LogP contribution in [0.1, 0.15) is 36.8 Å². The van der Waals surface area contributed by atoms with Crippen LogP contribution in [-0.4, -0.2) is 27.7 Å². The van der Waals surface area contributed by atoms with Crippen LogP contribution in [0.2, 0.25) is 0 Å². The lowest BCUT2D eigenvalue weighted by atomic mass is 9.87. The topological polar surface area (TPSA) is 99.0 Å². The Balaban J connectivity index is 1.50. The largest absolute Gasteiger partial charge is 0.383 e. The van der Waals surface area contributed by atoms with E-state index in [-0.39, 0.29) is 11.5 Å². The van der Waals surface area contributed by atoms with Crippen LogP contribution >= 0.6 is 0 Å². The molecule has 0 radical (unpaired) electrons. The first-order valence-corrected chi connectivity index (χ1v) is 9.07. The highest BCUT2D eigenvalue weighted by atomic mass is 16.1. The monoisotopic (exact) mass is 339 g/mol. The third-order valence-corrected chi connectivity index (χ3v) is 5.47. The van der Waals surface area contributed by atoms with Crippen LogP contribution in [0.5, 0.6) is 0 Å². The molecular formula is C19H25N5O. The summed E-state index contributed by atoms with van der Waals surface area (Å²) in [6, 6.07) is 9.34. The van der Waals surface area contributed by atoms with Crippen molar-refractivity contribution in [1.29, 1.82) is 0 Å². The number of fused-ring (bicyclic) bond motifs is 1. The molecule has 4 rings (SSSR count). The summed E-state index contributed by atoms with van der Waals surface area (Å²) in [5.74, 6) is 0.250. The van der Waals surface area contributed by atoms with E-state index >= 15 is 0 Å². The number of aromatic nitrogens is 2. The normalized spacial score (nSPS) is 25.7. The lowest BCUT2D eigenvalue weighted by Gasteiger charge is -2.28. The van der Waals surface area contributed by atoms with E-state index in [0.29, 0.717) is 18.1 Å². The average Bonchev–Trinajstić information content (AvgIpc) is 2.99. The van der Waals surface area contributed by atoms with Crippen molar-refractivity contribution in [2.24, 2.45) is 5.73 Å². The van der Waals surface area contributed by atoms with Crippen molar-refractivity contribution >= 4 is 5.82 Å².